The highest BCUT2D eigenvalue weighted by atomic mass is 16.1. The fraction of sp³-hybridized carbons (Fsp3) is 0.583. The van der Waals surface area contributed by atoms with Crippen molar-refractivity contribution in [2.24, 2.45) is 22.7 Å². The molecule has 2 unspecified atom stereocenters. The van der Waals surface area contributed by atoms with Gasteiger partial charge in [0.15, 0.2) is 0 Å². The summed E-state index contributed by atoms with van der Waals surface area (Å²) in [6, 6.07) is 0. The van der Waals surface area contributed by atoms with Crippen LogP contribution >= 0.6 is 0 Å². The van der Waals surface area contributed by atoms with Gasteiger partial charge in [-0.15, -0.1) is 0 Å². The van der Waals surface area contributed by atoms with Gasteiger partial charge in [-0.25, -0.2) is 0 Å². The first kappa shape index (κ1) is 7.54. The van der Waals surface area contributed by atoms with E-state index < -0.39 is 0 Å². The van der Waals surface area contributed by atoms with Gasteiger partial charge in [-0.3, -0.25) is 4.79 Å². The molecule has 3 aliphatic carbocycles. The van der Waals surface area contributed by atoms with Crippen molar-refractivity contribution >= 4 is 5.78 Å². The number of rotatable bonds is 0. The number of allylic oxidation sites excluding steroid dienone is 4. The molecular weight excluding hydrogens is 160 g/mol. The maximum Gasteiger partial charge on any atom is 0.143 e. The molecule has 0 aromatic heterocycles. The molecule has 4 atom stereocenters. The topological polar surface area (TPSA) is 17.1 Å². The van der Waals surface area contributed by atoms with E-state index in [2.05, 4.69) is 38.2 Å². The minimum Gasteiger partial charge on any atom is -0.299 e. The maximum absolute atomic E-state index is 12.0. The van der Waals surface area contributed by atoms with Crippen molar-refractivity contribution in [2.45, 2.75) is 20.3 Å². The highest BCUT2D eigenvalue weighted by molar-refractivity contribution is 5.95. The molecule has 3 aliphatic rings. The third-order valence-electron chi connectivity index (χ3n) is 4.47. The lowest BCUT2D eigenvalue weighted by atomic mass is 9.91. The summed E-state index contributed by atoms with van der Waals surface area (Å²) in [6.45, 7) is 4.21. The van der Waals surface area contributed by atoms with Crippen LogP contribution in [0.25, 0.3) is 0 Å². The van der Waals surface area contributed by atoms with E-state index in [1.807, 2.05) is 0 Å². The molecule has 0 heterocycles. The molecule has 0 aromatic rings. The quantitative estimate of drug-likeness (QED) is 0.551. The van der Waals surface area contributed by atoms with Crippen molar-refractivity contribution in [3.05, 3.63) is 24.3 Å². The van der Waals surface area contributed by atoms with Crippen LogP contribution in [-0.4, -0.2) is 5.78 Å². The zero-order valence-corrected chi connectivity index (χ0v) is 8.08. The van der Waals surface area contributed by atoms with Crippen LogP contribution in [0.3, 0.4) is 0 Å². The van der Waals surface area contributed by atoms with Crippen LogP contribution in [0.4, 0.5) is 0 Å². The fourth-order valence-electron chi connectivity index (χ4n) is 3.70. The van der Waals surface area contributed by atoms with Crippen molar-refractivity contribution in [3.63, 3.8) is 0 Å². The Morgan fingerprint density at radius 3 is 3.00 bits per heavy atom. The molecule has 0 radical (unpaired) electrons. The molecule has 0 bridgehead atoms. The SMILES string of the molecule is C[C@@H]1CC23C=CC=CC2[C@@]3(C)C1=O. The van der Waals surface area contributed by atoms with Crippen LogP contribution in [0, 0.1) is 22.7 Å². The van der Waals surface area contributed by atoms with E-state index in [9.17, 15) is 4.79 Å². The molecule has 0 aliphatic heterocycles. The summed E-state index contributed by atoms with van der Waals surface area (Å²) in [4.78, 5) is 12.0. The lowest BCUT2D eigenvalue weighted by molar-refractivity contribution is -0.125. The average Bonchev–Trinajstić information content (AvgIpc) is 2.60. The summed E-state index contributed by atoms with van der Waals surface area (Å²) in [5.41, 5.74) is 0.175. The first-order chi connectivity index (χ1) is 6.13. The molecule has 1 spiro atoms. The number of carbonyl (C=O) groups is 1. The fourth-order valence-corrected chi connectivity index (χ4v) is 3.70. The van der Waals surface area contributed by atoms with Gasteiger partial charge in [0.1, 0.15) is 5.78 Å². The standard InChI is InChI=1S/C12H14O/c1-8-7-12-6-4-3-5-9(12)11(12,2)10(8)13/h3-6,8-9H,7H2,1-2H3/t8-,9?,11+,12?/m1/s1. The molecule has 0 amide bonds. The molecule has 0 aromatic carbocycles. The lowest BCUT2D eigenvalue weighted by Crippen LogP contribution is -2.17. The zero-order chi connectivity index (χ0) is 9.27. The molecule has 2 fully saturated rings. The van der Waals surface area contributed by atoms with Gasteiger partial charge in [0.2, 0.25) is 0 Å². The first-order valence-electron chi connectivity index (χ1n) is 5.03. The number of ketones is 1. The zero-order valence-electron chi connectivity index (χ0n) is 8.08. The number of hydrogen-bond donors (Lipinski definition) is 0. The summed E-state index contributed by atoms with van der Waals surface area (Å²) in [5, 5.41) is 0. The van der Waals surface area contributed by atoms with E-state index in [0.29, 0.717) is 11.7 Å². The number of carbonyl (C=O) groups excluding carboxylic acids is 1. The van der Waals surface area contributed by atoms with Gasteiger partial charge in [0.25, 0.3) is 0 Å². The normalized spacial score (nSPS) is 56.3. The van der Waals surface area contributed by atoms with Gasteiger partial charge in [0.05, 0.1) is 0 Å². The van der Waals surface area contributed by atoms with Crippen LogP contribution in [0.1, 0.15) is 20.3 Å². The Morgan fingerprint density at radius 2 is 2.23 bits per heavy atom. The number of fused-ring (bicyclic) bond motifs is 1. The smallest absolute Gasteiger partial charge is 0.143 e. The number of Topliss-reactive ketones (excluding diaryl/α,β-unsaturated/α-hetero) is 1. The summed E-state index contributed by atoms with van der Waals surface area (Å²) in [6.07, 6.45) is 9.72. The van der Waals surface area contributed by atoms with Gasteiger partial charge < -0.3 is 0 Å². The highest BCUT2D eigenvalue weighted by Crippen LogP contribution is 2.78. The highest BCUT2D eigenvalue weighted by Gasteiger charge is 2.79. The predicted molar refractivity (Wildman–Crippen MR) is 51.1 cm³/mol. The summed E-state index contributed by atoms with van der Waals surface area (Å²) < 4.78 is 0. The summed E-state index contributed by atoms with van der Waals surface area (Å²) in [5.74, 6) is 1.26. The predicted octanol–water partition coefficient (Wildman–Crippen LogP) is 2.34. The van der Waals surface area contributed by atoms with Crippen LogP contribution in [0.5, 0.6) is 0 Å². The molecule has 0 saturated heterocycles. The largest absolute Gasteiger partial charge is 0.299 e. The van der Waals surface area contributed by atoms with Crippen LogP contribution in [0.2, 0.25) is 0 Å². The summed E-state index contributed by atoms with van der Waals surface area (Å²) >= 11 is 0. The van der Waals surface area contributed by atoms with E-state index in [-0.39, 0.29) is 16.7 Å². The van der Waals surface area contributed by atoms with Crippen molar-refractivity contribution in [1.82, 2.24) is 0 Å². The Morgan fingerprint density at radius 1 is 1.46 bits per heavy atom. The van der Waals surface area contributed by atoms with Gasteiger partial charge in [-0.1, -0.05) is 38.2 Å². The third-order valence-corrected chi connectivity index (χ3v) is 4.47. The molecule has 3 rings (SSSR count). The van der Waals surface area contributed by atoms with Gasteiger partial charge in [-0.2, -0.15) is 0 Å². The van der Waals surface area contributed by atoms with Crippen molar-refractivity contribution in [3.8, 4) is 0 Å². The molecule has 2 saturated carbocycles. The van der Waals surface area contributed by atoms with E-state index >= 15 is 0 Å². The van der Waals surface area contributed by atoms with Crippen LogP contribution in [0.15, 0.2) is 24.3 Å². The van der Waals surface area contributed by atoms with Crippen LogP contribution in [-0.2, 0) is 4.79 Å². The minimum absolute atomic E-state index is 0.0457. The lowest BCUT2D eigenvalue weighted by Gasteiger charge is -2.12. The van der Waals surface area contributed by atoms with E-state index in [4.69, 9.17) is 0 Å². The van der Waals surface area contributed by atoms with Crippen molar-refractivity contribution in [1.29, 1.82) is 0 Å². The number of hydrogen-bond acceptors (Lipinski definition) is 1. The Labute approximate surface area is 78.5 Å². The Kier molecular flexibility index (Phi) is 1.05. The van der Waals surface area contributed by atoms with E-state index in [1.165, 1.54) is 0 Å². The van der Waals surface area contributed by atoms with Crippen LogP contribution < -0.4 is 0 Å². The molecular formula is C12H14O. The molecule has 1 heteroatoms. The monoisotopic (exact) mass is 174 g/mol. The van der Waals surface area contributed by atoms with Gasteiger partial charge >= 0.3 is 0 Å². The van der Waals surface area contributed by atoms with Crippen molar-refractivity contribution in [2.75, 3.05) is 0 Å². The van der Waals surface area contributed by atoms with E-state index in [0.717, 1.165) is 6.42 Å². The molecule has 68 valence electrons. The first-order valence-corrected chi connectivity index (χ1v) is 5.03. The van der Waals surface area contributed by atoms with E-state index in [1.54, 1.807) is 0 Å². The Hall–Kier alpha value is -0.850. The molecule has 0 N–H and O–H groups in total. The van der Waals surface area contributed by atoms with Crippen molar-refractivity contribution < 1.29 is 4.79 Å². The average molecular weight is 174 g/mol. The Bertz CT molecular complexity index is 348. The third kappa shape index (κ3) is 0.551. The Balaban J connectivity index is 2.12. The minimum atomic E-state index is -0.0457. The van der Waals surface area contributed by atoms with Gasteiger partial charge in [-0.05, 0) is 6.42 Å². The second-order valence-electron chi connectivity index (χ2n) is 4.93. The molecule has 1 nitrogen and oxygen atoms in total. The van der Waals surface area contributed by atoms with Gasteiger partial charge in [0, 0.05) is 22.7 Å². The second kappa shape index (κ2) is 1.82. The maximum atomic E-state index is 12.0. The second-order valence-corrected chi connectivity index (χ2v) is 4.93. The summed E-state index contributed by atoms with van der Waals surface area (Å²) in [7, 11) is 0. The molecule has 13 heavy (non-hydrogen) atoms.